The highest BCUT2D eigenvalue weighted by Gasteiger charge is 2.36. The predicted octanol–water partition coefficient (Wildman–Crippen LogP) is 1.63. The van der Waals surface area contributed by atoms with Crippen LogP contribution in [-0.4, -0.2) is 56.2 Å². The van der Waals surface area contributed by atoms with Gasteiger partial charge in [0.2, 0.25) is 0 Å². The van der Waals surface area contributed by atoms with Crippen LogP contribution in [0, 0.1) is 0 Å². The average Bonchev–Trinajstić information content (AvgIpc) is 2.60. The Morgan fingerprint density at radius 2 is 1.87 bits per heavy atom. The van der Waals surface area contributed by atoms with Gasteiger partial charge in [0.25, 0.3) is 5.91 Å². The first kappa shape index (κ1) is 17.3. The monoisotopic (exact) mass is 319 g/mol. The number of urea groups is 1. The van der Waals surface area contributed by atoms with E-state index < -0.39 is 0 Å². The highest BCUT2D eigenvalue weighted by molar-refractivity contribution is 5.94. The zero-order chi connectivity index (χ0) is 16.7. The van der Waals surface area contributed by atoms with E-state index in [-0.39, 0.29) is 17.5 Å². The number of hydrogen-bond acceptors (Lipinski definition) is 3. The van der Waals surface area contributed by atoms with Crippen molar-refractivity contribution in [2.45, 2.75) is 24.8 Å². The zero-order valence-electron chi connectivity index (χ0n) is 13.8. The summed E-state index contributed by atoms with van der Waals surface area (Å²) in [5, 5.41) is 5.83. The van der Waals surface area contributed by atoms with Crippen LogP contribution in [0.4, 0.5) is 4.79 Å². The maximum atomic E-state index is 12.5. The third-order valence-electron chi connectivity index (χ3n) is 4.42. The van der Waals surface area contributed by atoms with Crippen molar-refractivity contribution in [3.63, 3.8) is 0 Å². The molecular weight excluding hydrogens is 294 g/mol. The second-order valence-electron chi connectivity index (χ2n) is 5.89. The van der Waals surface area contributed by atoms with Crippen LogP contribution >= 0.6 is 0 Å². The standard InChI is InChI=1S/C17H25N3O3/c1-18-16(22)20-11-8-17(9-12-20,10-13-23-2)19-15(21)14-6-4-3-5-7-14/h3-7H,8-13H2,1-2H3,(H,18,22)(H,19,21). The van der Waals surface area contributed by atoms with Crippen molar-refractivity contribution >= 4 is 11.9 Å². The minimum absolute atomic E-state index is 0.0697. The van der Waals surface area contributed by atoms with Gasteiger partial charge in [-0.1, -0.05) is 18.2 Å². The Morgan fingerprint density at radius 1 is 1.22 bits per heavy atom. The lowest BCUT2D eigenvalue weighted by atomic mass is 9.84. The summed E-state index contributed by atoms with van der Waals surface area (Å²) < 4.78 is 5.21. The molecule has 0 atom stereocenters. The molecule has 126 valence electrons. The number of piperidine rings is 1. The van der Waals surface area contributed by atoms with Crippen LogP contribution in [0.1, 0.15) is 29.6 Å². The van der Waals surface area contributed by atoms with Gasteiger partial charge in [0.15, 0.2) is 0 Å². The van der Waals surface area contributed by atoms with E-state index in [1.807, 2.05) is 18.2 Å². The number of amides is 3. The first-order valence-electron chi connectivity index (χ1n) is 7.93. The number of ether oxygens (including phenoxy) is 1. The minimum Gasteiger partial charge on any atom is -0.385 e. The Balaban J connectivity index is 2.05. The Morgan fingerprint density at radius 3 is 2.43 bits per heavy atom. The first-order chi connectivity index (χ1) is 11.1. The number of likely N-dealkylation sites (tertiary alicyclic amines) is 1. The Kier molecular flexibility index (Phi) is 5.98. The SMILES string of the molecule is CNC(=O)N1CCC(CCOC)(NC(=O)c2ccccc2)CC1. The third-order valence-corrected chi connectivity index (χ3v) is 4.42. The fraction of sp³-hybridized carbons (Fsp3) is 0.529. The Bertz CT molecular complexity index is 525. The minimum atomic E-state index is -0.326. The van der Waals surface area contributed by atoms with Gasteiger partial charge in [-0.25, -0.2) is 4.79 Å². The number of hydrogen-bond donors (Lipinski definition) is 2. The molecule has 0 bridgehead atoms. The smallest absolute Gasteiger partial charge is 0.317 e. The molecule has 6 nitrogen and oxygen atoms in total. The molecule has 0 saturated carbocycles. The van der Waals surface area contributed by atoms with Gasteiger partial charge in [-0.2, -0.15) is 0 Å². The quantitative estimate of drug-likeness (QED) is 0.866. The van der Waals surface area contributed by atoms with E-state index in [0.717, 1.165) is 19.3 Å². The molecule has 0 aromatic heterocycles. The molecular formula is C17H25N3O3. The summed E-state index contributed by atoms with van der Waals surface area (Å²) in [6.45, 7) is 1.83. The first-order valence-corrected chi connectivity index (χ1v) is 7.93. The van der Waals surface area contributed by atoms with Crippen LogP contribution < -0.4 is 10.6 Å². The van der Waals surface area contributed by atoms with Crippen molar-refractivity contribution in [3.05, 3.63) is 35.9 Å². The van der Waals surface area contributed by atoms with E-state index >= 15 is 0 Å². The average molecular weight is 319 g/mol. The van der Waals surface area contributed by atoms with E-state index in [9.17, 15) is 9.59 Å². The zero-order valence-corrected chi connectivity index (χ0v) is 13.8. The molecule has 6 heteroatoms. The van der Waals surface area contributed by atoms with Crippen molar-refractivity contribution in [2.75, 3.05) is 33.9 Å². The fourth-order valence-corrected chi connectivity index (χ4v) is 2.93. The largest absolute Gasteiger partial charge is 0.385 e. The van der Waals surface area contributed by atoms with Gasteiger partial charge >= 0.3 is 6.03 Å². The lowest BCUT2D eigenvalue weighted by Gasteiger charge is -2.42. The summed E-state index contributed by atoms with van der Waals surface area (Å²) in [6, 6.07) is 9.13. The number of carbonyl (C=O) groups is 2. The lowest BCUT2D eigenvalue weighted by Crippen LogP contribution is -2.57. The highest BCUT2D eigenvalue weighted by Crippen LogP contribution is 2.26. The second-order valence-corrected chi connectivity index (χ2v) is 5.89. The Hall–Kier alpha value is -2.08. The molecule has 2 N–H and O–H groups in total. The third kappa shape index (κ3) is 4.45. The predicted molar refractivity (Wildman–Crippen MR) is 88.4 cm³/mol. The molecule has 3 amide bonds. The van der Waals surface area contributed by atoms with Gasteiger partial charge in [0.05, 0.1) is 0 Å². The molecule has 0 spiro atoms. The normalized spacial score (nSPS) is 16.7. The van der Waals surface area contributed by atoms with Gasteiger partial charge < -0.3 is 20.3 Å². The van der Waals surface area contributed by atoms with Gasteiger partial charge in [0.1, 0.15) is 0 Å². The number of carbonyl (C=O) groups excluding carboxylic acids is 2. The summed E-state index contributed by atoms with van der Waals surface area (Å²) in [7, 11) is 3.29. The van der Waals surface area contributed by atoms with Crippen LogP contribution in [0.25, 0.3) is 0 Å². The van der Waals surface area contributed by atoms with E-state index in [2.05, 4.69) is 10.6 Å². The van der Waals surface area contributed by atoms with Crippen LogP contribution in [0.15, 0.2) is 30.3 Å². The maximum absolute atomic E-state index is 12.5. The number of nitrogens with one attached hydrogen (secondary N) is 2. The molecule has 1 heterocycles. The van der Waals surface area contributed by atoms with E-state index in [0.29, 0.717) is 25.3 Å². The lowest BCUT2D eigenvalue weighted by molar-refractivity contribution is 0.0747. The molecule has 0 radical (unpaired) electrons. The summed E-state index contributed by atoms with van der Waals surface area (Å²) in [5.41, 5.74) is 0.325. The molecule has 23 heavy (non-hydrogen) atoms. The molecule has 1 saturated heterocycles. The fourth-order valence-electron chi connectivity index (χ4n) is 2.93. The van der Waals surface area contributed by atoms with Crippen LogP contribution in [-0.2, 0) is 4.74 Å². The van der Waals surface area contributed by atoms with Crippen LogP contribution in [0.5, 0.6) is 0 Å². The maximum Gasteiger partial charge on any atom is 0.317 e. The Labute approximate surface area is 137 Å². The van der Waals surface area contributed by atoms with E-state index in [4.69, 9.17) is 4.74 Å². The van der Waals surface area contributed by atoms with Crippen molar-refractivity contribution in [3.8, 4) is 0 Å². The van der Waals surface area contributed by atoms with E-state index in [1.54, 1.807) is 31.2 Å². The van der Waals surface area contributed by atoms with Crippen LogP contribution in [0.2, 0.25) is 0 Å². The summed E-state index contributed by atoms with van der Waals surface area (Å²) in [5.74, 6) is -0.0740. The molecule has 0 unspecified atom stereocenters. The summed E-state index contributed by atoms with van der Waals surface area (Å²) in [6.07, 6.45) is 2.19. The molecule has 1 fully saturated rings. The van der Waals surface area contributed by atoms with Gasteiger partial charge in [-0.15, -0.1) is 0 Å². The molecule has 1 aliphatic heterocycles. The molecule has 1 aliphatic rings. The summed E-state index contributed by atoms with van der Waals surface area (Å²) in [4.78, 5) is 26.0. The summed E-state index contributed by atoms with van der Waals surface area (Å²) >= 11 is 0. The van der Waals surface area contributed by atoms with Crippen molar-refractivity contribution < 1.29 is 14.3 Å². The molecule has 1 aromatic carbocycles. The highest BCUT2D eigenvalue weighted by atomic mass is 16.5. The number of nitrogens with zero attached hydrogens (tertiary/aromatic N) is 1. The number of methoxy groups -OCH3 is 1. The second kappa shape index (κ2) is 7.97. The van der Waals surface area contributed by atoms with Crippen molar-refractivity contribution in [2.24, 2.45) is 0 Å². The number of benzene rings is 1. The molecule has 1 aromatic rings. The van der Waals surface area contributed by atoms with E-state index in [1.165, 1.54) is 0 Å². The topological polar surface area (TPSA) is 70.7 Å². The molecule has 2 rings (SSSR count). The van der Waals surface area contributed by atoms with Gasteiger partial charge in [0, 0.05) is 45.0 Å². The van der Waals surface area contributed by atoms with Gasteiger partial charge in [-0.05, 0) is 31.4 Å². The van der Waals surface area contributed by atoms with Crippen molar-refractivity contribution in [1.82, 2.24) is 15.5 Å². The van der Waals surface area contributed by atoms with Crippen molar-refractivity contribution in [1.29, 1.82) is 0 Å². The van der Waals surface area contributed by atoms with Gasteiger partial charge in [-0.3, -0.25) is 4.79 Å². The molecule has 0 aliphatic carbocycles. The number of rotatable bonds is 5. The van der Waals surface area contributed by atoms with Crippen LogP contribution in [0.3, 0.4) is 0 Å².